The van der Waals surface area contributed by atoms with Gasteiger partial charge in [-0.3, -0.25) is 0 Å². The van der Waals surface area contributed by atoms with Gasteiger partial charge in [-0.1, -0.05) is 30.3 Å². The first-order chi connectivity index (χ1) is 9.15. The van der Waals surface area contributed by atoms with Crippen LogP contribution in [0.2, 0.25) is 0 Å². The Morgan fingerprint density at radius 1 is 1.16 bits per heavy atom. The molecule has 0 fully saturated rings. The third-order valence-electron chi connectivity index (χ3n) is 2.57. The van der Waals surface area contributed by atoms with Gasteiger partial charge in [-0.2, -0.15) is 0 Å². The molecule has 0 radical (unpaired) electrons. The standard InChI is InChI=1S/C14H18Br2O3/c1-17-14(18-2)9-12(8-13(15)16)19-10-11-6-4-3-5-7-11/h3-8,12,14H,9-10H2,1-2H3. The number of methoxy groups -OCH3 is 2. The quantitative estimate of drug-likeness (QED) is 0.619. The highest BCUT2D eigenvalue weighted by atomic mass is 79.9. The minimum atomic E-state index is -0.281. The van der Waals surface area contributed by atoms with Crippen molar-refractivity contribution < 1.29 is 14.2 Å². The molecule has 0 aliphatic heterocycles. The van der Waals surface area contributed by atoms with Crippen molar-refractivity contribution in [3.63, 3.8) is 0 Å². The van der Waals surface area contributed by atoms with Crippen LogP contribution in [0.4, 0.5) is 0 Å². The lowest BCUT2D eigenvalue weighted by Crippen LogP contribution is -2.22. The van der Waals surface area contributed by atoms with Crippen LogP contribution in [0.1, 0.15) is 12.0 Å². The lowest BCUT2D eigenvalue weighted by Gasteiger charge is -2.20. The summed E-state index contributed by atoms with van der Waals surface area (Å²) in [6, 6.07) is 10.1. The van der Waals surface area contributed by atoms with Crippen molar-refractivity contribution in [2.45, 2.75) is 25.4 Å². The van der Waals surface area contributed by atoms with Gasteiger partial charge in [0.05, 0.1) is 16.1 Å². The van der Waals surface area contributed by atoms with Gasteiger partial charge in [-0.15, -0.1) is 0 Å². The second-order valence-corrected chi connectivity index (χ2v) is 6.70. The number of hydrogen-bond acceptors (Lipinski definition) is 3. The van der Waals surface area contributed by atoms with Crippen molar-refractivity contribution in [2.75, 3.05) is 14.2 Å². The summed E-state index contributed by atoms with van der Waals surface area (Å²) in [5.41, 5.74) is 1.14. The summed E-state index contributed by atoms with van der Waals surface area (Å²) < 4.78 is 17.1. The van der Waals surface area contributed by atoms with Crippen molar-refractivity contribution in [1.29, 1.82) is 0 Å². The van der Waals surface area contributed by atoms with Gasteiger partial charge in [-0.25, -0.2) is 0 Å². The average molecular weight is 394 g/mol. The molecule has 0 aliphatic carbocycles. The first-order valence-corrected chi connectivity index (χ1v) is 7.48. The van der Waals surface area contributed by atoms with E-state index in [1.54, 1.807) is 14.2 Å². The molecule has 3 nitrogen and oxygen atoms in total. The van der Waals surface area contributed by atoms with E-state index in [2.05, 4.69) is 31.9 Å². The van der Waals surface area contributed by atoms with Crippen LogP contribution < -0.4 is 0 Å². The highest BCUT2D eigenvalue weighted by molar-refractivity contribution is 9.28. The number of hydrogen-bond donors (Lipinski definition) is 0. The van der Waals surface area contributed by atoms with Crippen LogP contribution >= 0.6 is 31.9 Å². The molecule has 1 atom stereocenters. The van der Waals surface area contributed by atoms with Gasteiger partial charge in [0.15, 0.2) is 6.29 Å². The van der Waals surface area contributed by atoms with E-state index in [1.807, 2.05) is 36.4 Å². The maximum atomic E-state index is 5.88. The Kier molecular flexibility index (Phi) is 8.57. The molecule has 0 bridgehead atoms. The fourth-order valence-corrected chi connectivity index (χ4v) is 2.17. The Morgan fingerprint density at radius 3 is 2.32 bits per heavy atom. The normalized spacial score (nSPS) is 12.5. The third-order valence-corrected chi connectivity index (χ3v) is 3.10. The van der Waals surface area contributed by atoms with Crippen molar-refractivity contribution in [1.82, 2.24) is 0 Å². The van der Waals surface area contributed by atoms with E-state index in [4.69, 9.17) is 14.2 Å². The molecule has 19 heavy (non-hydrogen) atoms. The molecular formula is C14H18Br2O3. The van der Waals surface area contributed by atoms with E-state index in [0.29, 0.717) is 13.0 Å². The highest BCUT2D eigenvalue weighted by Crippen LogP contribution is 2.19. The predicted molar refractivity (Wildman–Crippen MR) is 83.4 cm³/mol. The molecular weight excluding hydrogens is 376 g/mol. The summed E-state index contributed by atoms with van der Waals surface area (Å²) in [7, 11) is 3.24. The van der Waals surface area contributed by atoms with Crippen molar-refractivity contribution >= 4 is 31.9 Å². The summed E-state index contributed by atoms with van der Waals surface area (Å²) in [6.07, 6.45) is 2.18. The summed E-state index contributed by atoms with van der Waals surface area (Å²) in [6.45, 7) is 0.551. The number of benzene rings is 1. The smallest absolute Gasteiger partial charge is 0.159 e. The second-order valence-electron chi connectivity index (χ2n) is 3.93. The lowest BCUT2D eigenvalue weighted by molar-refractivity contribution is -0.125. The molecule has 106 valence electrons. The molecule has 1 aromatic rings. The molecule has 1 unspecified atom stereocenters. The zero-order valence-corrected chi connectivity index (χ0v) is 14.2. The van der Waals surface area contributed by atoms with Crippen LogP contribution in [-0.4, -0.2) is 26.6 Å². The Hall–Kier alpha value is -0.200. The predicted octanol–water partition coefficient (Wildman–Crippen LogP) is 4.21. The van der Waals surface area contributed by atoms with Crippen molar-refractivity contribution in [3.8, 4) is 0 Å². The molecule has 0 saturated carbocycles. The molecule has 0 heterocycles. The second kappa shape index (κ2) is 9.66. The van der Waals surface area contributed by atoms with Crippen molar-refractivity contribution in [2.24, 2.45) is 0 Å². The zero-order valence-electron chi connectivity index (χ0n) is 11.0. The summed E-state index contributed by atoms with van der Waals surface area (Å²) in [5.74, 6) is 0. The van der Waals surface area contributed by atoms with E-state index in [0.717, 1.165) is 8.96 Å². The van der Waals surface area contributed by atoms with Gasteiger partial charge in [-0.05, 0) is 43.5 Å². The van der Waals surface area contributed by atoms with E-state index in [9.17, 15) is 0 Å². The van der Waals surface area contributed by atoms with Gasteiger partial charge < -0.3 is 14.2 Å². The SMILES string of the molecule is COC(CC(C=C(Br)Br)OCc1ccccc1)OC. The van der Waals surface area contributed by atoms with Crippen LogP contribution in [0.5, 0.6) is 0 Å². The van der Waals surface area contributed by atoms with Gasteiger partial charge >= 0.3 is 0 Å². The van der Waals surface area contributed by atoms with Gasteiger partial charge in [0.2, 0.25) is 0 Å². The molecule has 0 spiro atoms. The third kappa shape index (κ3) is 7.22. The Morgan fingerprint density at radius 2 is 1.79 bits per heavy atom. The van der Waals surface area contributed by atoms with Crippen molar-refractivity contribution in [3.05, 3.63) is 45.4 Å². The maximum Gasteiger partial charge on any atom is 0.159 e. The van der Waals surface area contributed by atoms with Crippen LogP contribution in [0, 0.1) is 0 Å². The van der Waals surface area contributed by atoms with E-state index < -0.39 is 0 Å². The summed E-state index contributed by atoms with van der Waals surface area (Å²) >= 11 is 6.70. The fraction of sp³-hybridized carbons (Fsp3) is 0.429. The Balaban J connectivity index is 2.57. The molecule has 5 heteroatoms. The monoisotopic (exact) mass is 392 g/mol. The average Bonchev–Trinajstić information content (AvgIpc) is 2.42. The van der Waals surface area contributed by atoms with Crippen LogP contribution in [0.3, 0.4) is 0 Å². The van der Waals surface area contributed by atoms with Crippen LogP contribution in [-0.2, 0) is 20.8 Å². The Bertz CT molecular complexity index is 374. The molecule has 0 amide bonds. The molecule has 1 rings (SSSR count). The minimum absolute atomic E-state index is 0.0983. The number of ether oxygens (including phenoxy) is 3. The number of rotatable bonds is 8. The molecule has 1 aromatic carbocycles. The topological polar surface area (TPSA) is 27.7 Å². The first-order valence-electron chi connectivity index (χ1n) is 5.89. The largest absolute Gasteiger partial charge is 0.369 e. The lowest BCUT2D eigenvalue weighted by atomic mass is 10.2. The van der Waals surface area contributed by atoms with Crippen LogP contribution in [0.15, 0.2) is 39.8 Å². The molecule has 0 aliphatic rings. The molecule has 0 aromatic heterocycles. The fourth-order valence-electron chi connectivity index (χ4n) is 1.58. The van der Waals surface area contributed by atoms with Gasteiger partial charge in [0.25, 0.3) is 0 Å². The van der Waals surface area contributed by atoms with E-state index >= 15 is 0 Å². The van der Waals surface area contributed by atoms with Crippen LogP contribution in [0.25, 0.3) is 0 Å². The number of halogens is 2. The van der Waals surface area contributed by atoms with E-state index in [-0.39, 0.29) is 12.4 Å². The Labute approximate surface area is 131 Å². The van der Waals surface area contributed by atoms with Gasteiger partial charge in [0, 0.05) is 20.6 Å². The molecule has 0 saturated heterocycles. The van der Waals surface area contributed by atoms with E-state index in [1.165, 1.54) is 0 Å². The minimum Gasteiger partial charge on any atom is -0.369 e. The van der Waals surface area contributed by atoms with Gasteiger partial charge in [0.1, 0.15) is 0 Å². The zero-order chi connectivity index (χ0) is 14.1. The maximum absolute atomic E-state index is 5.88. The highest BCUT2D eigenvalue weighted by Gasteiger charge is 2.15. The molecule has 0 N–H and O–H groups in total. The summed E-state index contributed by atoms with van der Waals surface area (Å²) in [4.78, 5) is 0. The first kappa shape index (κ1) is 16.9. The summed E-state index contributed by atoms with van der Waals surface area (Å²) in [5, 5.41) is 0.